The zero-order valence-corrected chi connectivity index (χ0v) is 20.4. The molecule has 0 saturated carbocycles. The van der Waals surface area contributed by atoms with E-state index in [2.05, 4.69) is 27.9 Å². The summed E-state index contributed by atoms with van der Waals surface area (Å²) in [6.45, 7) is 3.50. The summed E-state index contributed by atoms with van der Waals surface area (Å²) >= 11 is 3.07. The molecule has 1 amide bonds. The van der Waals surface area contributed by atoms with Gasteiger partial charge in [0, 0.05) is 32.1 Å². The highest BCUT2D eigenvalue weighted by atomic mass is 32.2. The Morgan fingerprint density at radius 2 is 2.10 bits per heavy atom. The number of imidazole rings is 1. The van der Waals surface area contributed by atoms with E-state index in [0.29, 0.717) is 12.1 Å². The monoisotopic (exact) mass is 480 g/mol. The Morgan fingerprint density at radius 3 is 2.77 bits per heavy atom. The van der Waals surface area contributed by atoms with Crippen molar-refractivity contribution >= 4 is 50.1 Å². The molecule has 1 N–H and O–H groups in total. The molecule has 0 bridgehead atoms. The first kappa shape index (κ1) is 23.8. The number of carbonyl (C=O) groups is 1. The number of nitrogens with one attached hydrogen (secondary N) is 1. The second kappa shape index (κ2) is 10.6. The van der Waals surface area contributed by atoms with Crippen LogP contribution >= 0.6 is 23.1 Å². The van der Waals surface area contributed by atoms with Gasteiger partial charge in [0.05, 0.1) is 21.7 Å². The highest BCUT2D eigenvalue weighted by Gasteiger charge is 2.20. The standard InChI is InChI=1S/C21H28N4O3S3/c1-4-5-12-25-19-9-8-17(31(27,28)24(2)3)14-18(19)23-21(25)30-15-20(26)22-11-10-16-7-6-13-29-16/h6-9,13-14H,4-5,10-12,15H2,1-3H3,(H,22,26). The van der Waals surface area contributed by atoms with Crippen LogP contribution in [0.15, 0.2) is 45.8 Å². The predicted molar refractivity (Wildman–Crippen MR) is 127 cm³/mol. The number of fused-ring (bicyclic) bond motifs is 1. The molecule has 0 saturated heterocycles. The largest absolute Gasteiger partial charge is 0.355 e. The number of thioether (sulfide) groups is 1. The normalized spacial score (nSPS) is 12.0. The molecule has 0 atom stereocenters. The number of aryl methyl sites for hydroxylation is 1. The summed E-state index contributed by atoms with van der Waals surface area (Å²) in [4.78, 5) is 18.4. The molecule has 2 heterocycles. The highest BCUT2D eigenvalue weighted by molar-refractivity contribution is 7.99. The third-order valence-corrected chi connectivity index (χ3v) is 8.53. The van der Waals surface area contributed by atoms with E-state index in [9.17, 15) is 13.2 Å². The summed E-state index contributed by atoms with van der Waals surface area (Å²) in [5, 5.41) is 5.72. The van der Waals surface area contributed by atoms with Crippen LogP contribution in [-0.4, -0.2) is 54.6 Å². The topological polar surface area (TPSA) is 84.3 Å². The van der Waals surface area contributed by atoms with E-state index >= 15 is 0 Å². The van der Waals surface area contributed by atoms with Crippen molar-refractivity contribution in [3.63, 3.8) is 0 Å². The summed E-state index contributed by atoms with van der Waals surface area (Å²) in [6, 6.07) is 9.10. The van der Waals surface area contributed by atoms with E-state index in [0.717, 1.165) is 36.5 Å². The Hall–Kier alpha value is -1.88. The molecule has 3 aromatic rings. The first-order valence-corrected chi connectivity index (χ1v) is 13.5. The zero-order chi connectivity index (χ0) is 22.4. The second-order valence-electron chi connectivity index (χ2n) is 7.31. The first-order valence-electron chi connectivity index (χ1n) is 10.2. The molecule has 0 radical (unpaired) electrons. The van der Waals surface area contributed by atoms with E-state index in [-0.39, 0.29) is 16.6 Å². The summed E-state index contributed by atoms with van der Waals surface area (Å²) < 4.78 is 28.2. The van der Waals surface area contributed by atoms with E-state index in [1.54, 1.807) is 29.5 Å². The van der Waals surface area contributed by atoms with Gasteiger partial charge in [-0.05, 0) is 42.5 Å². The van der Waals surface area contributed by atoms with Gasteiger partial charge in [-0.2, -0.15) is 0 Å². The van der Waals surface area contributed by atoms with Gasteiger partial charge in [0.2, 0.25) is 15.9 Å². The molecule has 7 nitrogen and oxygen atoms in total. The number of sulfonamides is 1. The fraction of sp³-hybridized carbons (Fsp3) is 0.429. The van der Waals surface area contributed by atoms with Gasteiger partial charge in [-0.1, -0.05) is 31.2 Å². The van der Waals surface area contributed by atoms with Crippen LogP contribution in [-0.2, 0) is 27.8 Å². The van der Waals surface area contributed by atoms with Gasteiger partial charge >= 0.3 is 0 Å². The molecular weight excluding hydrogens is 452 g/mol. The smallest absolute Gasteiger partial charge is 0.242 e. The zero-order valence-electron chi connectivity index (χ0n) is 18.0. The number of carbonyl (C=O) groups excluding carboxylic acids is 1. The Kier molecular flexibility index (Phi) is 8.15. The quantitative estimate of drug-likeness (QED) is 0.424. The lowest BCUT2D eigenvalue weighted by atomic mass is 10.3. The van der Waals surface area contributed by atoms with Crippen molar-refractivity contribution in [1.29, 1.82) is 0 Å². The number of nitrogens with zero attached hydrogens (tertiary/aromatic N) is 3. The number of rotatable bonds is 11. The second-order valence-corrected chi connectivity index (χ2v) is 11.4. The maximum absolute atomic E-state index is 12.5. The molecule has 0 unspecified atom stereocenters. The summed E-state index contributed by atoms with van der Waals surface area (Å²) in [5.74, 6) is 0.231. The predicted octanol–water partition coefficient (Wildman–Crippen LogP) is 3.60. The number of amides is 1. The minimum absolute atomic E-state index is 0.0356. The third kappa shape index (κ3) is 5.88. The van der Waals surface area contributed by atoms with Crippen LogP contribution in [0.2, 0.25) is 0 Å². The SMILES string of the molecule is CCCCn1c(SCC(=O)NCCc2cccs2)nc2cc(S(=O)(=O)N(C)C)ccc21. The Labute approximate surface area is 191 Å². The molecular formula is C21H28N4O3S3. The van der Waals surface area contributed by atoms with Gasteiger partial charge in [0.1, 0.15) is 0 Å². The molecule has 1 aromatic carbocycles. The summed E-state index contributed by atoms with van der Waals surface area (Å²) in [5.41, 5.74) is 1.51. The van der Waals surface area contributed by atoms with Gasteiger partial charge < -0.3 is 9.88 Å². The minimum Gasteiger partial charge on any atom is -0.355 e. The summed E-state index contributed by atoms with van der Waals surface area (Å²) in [6.07, 6.45) is 2.83. The van der Waals surface area contributed by atoms with Gasteiger partial charge in [-0.25, -0.2) is 17.7 Å². The molecule has 0 aliphatic heterocycles. The van der Waals surface area contributed by atoms with Crippen LogP contribution in [0.1, 0.15) is 24.6 Å². The molecule has 10 heteroatoms. The molecule has 0 fully saturated rings. The highest BCUT2D eigenvalue weighted by Crippen LogP contribution is 2.27. The molecule has 168 valence electrons. The first-order chi connectivity index (χ1) is 14.8. The van der Waals surface area contributed by atoms with Crippen molar-refractivity contribution in [2.45, 2.75) is 42.8 Å². The number of thiophene rings is 1. The number of hydrogen-bond donors (Lipinski definition) is 1. The fourth-order valence-corrected chi connectivity index (χ4v) is 5.56. The van der Waals surface area contributed by atoms with E-state index in [1.807, 2.05) is 11.4 Å². The number of hydrogen-bond acceptors (Lipinski definition) is 6. The molecule has 31 heavy (non-hydrogen) atoms. The number of unbranched alkanes of at least 4 members (excludes halogenated alkanes) is 1. The molecule has 0 aliphatic carbocycles. The van der Waals surface area contributed by atoms with Gasteiger partial charge in [0.15, 0.2) is 5.16 Å². The number of benzene rings is 1. The maximum Gasteiger partial charge on any atom is 0.242 e. The molecule has 0 aliphatic rings. The number of aromatic nitrogens is 2. The van der Waals surface area contributed by atoms with Crippen molar-refractivity contribution in [2.75, 3.05) is 26.4 Å². The lowest BCUT2D eigenvalue weighted by Crippen LogP contribution is -2.27. The van der Waals surface area contributed by atoms with Gasteiger partial charge in [-0.3, -0.25) is 4.79 Å². The van der Waals surface area contributed by atoms with Crippen LogP contribution in [0.25, 0.3) is 11.0 Å². The van der Waals surface area contributed by atoms with Crippen molar-refractivity contribution in [3.05, 3.63) is 40.6 Å². The van der Waals surface area contributed by atoms with Gasteiger partial charge in [-0.15, -0.1) is 11.3 Å². The van der Waals surface area contributed by atoms with Gasteiger partial charge in [0.25, 0.3) is 0 Å². The lowest BCUT2D eigenvalue weighted by Gasteiger charge is -2.11. The van der Waals surface area contributed by atoms with E-state index in [4.69, 9.17) is 0 Å². The Balaban J connectivity index is 1.73. The van der Waals surface area contributed by atoms with E-state index in [1.165, 1.54) is 35.0 Å². The van der Waals surface area contributed by atoms with Crippen molar-refractivity contribution in [3.8, 4) is 0 Å². The maximum atomic E-state index is 12.5. The minimum atomic E-state index is -3.53. The lowest BCUT2D eigenvalue weighted by molar-refractivity contribution is -0.118. The average molecular weight is 481 g/mol. The summed E-state index contributed by atoms with van der Waals surface area (Å²) in [7, 11) is -0.506. The van der Waals surface area contributed by atoms with Crippen LogP contribution < -0.4 is 5.32 Å². The molecule has 0 spiro atoms. The molecule has 3 rings (SSSR count). The van der Waals surface area contributed by atoms with Crippen molar-refractivity contribution in [2.24, 2.45) is 0 Å². The Morgan fingerprint density at radius 1 is 1.29 bits per heavy atom. The van der Waals surface area contributed by atoms with Crippen LogP contribution in [0.4, 0.5) is 0 Å². The molecule has 2 aromatic heterocycles. The van der Waals surface area contributed by atoms with Crippen LogP contribution in [0, 0.1) is 0 Å². The Bertz CT molecular complexity index is 1120. The van der Waals surface area contributed by atoms with Crippen LogP contribution in [0.5, 0.6) is 0 Å². The average Bonchev–Trinajstić information content (AvgIpc) is 3.37. The van der Waals surface area contributed by atoms with Crippen molar-refractivity contribution in [1.82, 2.24) is 19.2 Å². The third-order valence-electron chi connectivity index (χ3n) is 4.80. The van der Waals surface area contributed by atoms with Crippen molar-refractivity contribution < 1.29 is 13.2 Å². The van der Waals surface area contributed by atoms with Crippen LogP contribution in [0.3, 0.4) is 0 Å². The fourth-order valence-electron chi connectivity index (χ4n) is 3.06. The van der Waals surface area contributed by atoms with E-state index < -0.39 is 10.0 Å².